The molecule has 0 saturated heterocycles. The maximum absolute atomic E-state index is 12.9. The lowest BCUT2D eigenvalue weighted by Crippen LogP contribution is -2.35. The highest BCUT2D eigenvalue weighted by Gasteiger charge is 2.38. The zero-order chi connectivity index (χ0) is 26.3. The van der Waals surface area contributed by atoms with Crippen LogP contribution >= 0.6 is 0 Å². The molecule has 0 aliphatic carbocycles. The summed E-state index contributed by atoms with van der Waals surface area (Å²) in [6.07, 6.45) is 0. The fourth-order valence-electron chi connectivity index (χ4n) is 4.04. The number of ether oxygens (including phenoxy) is 4. The predicted octanol–water partition coefficient (Wildman–Crippen LogP) is 5.53. The van der Waals surface area contributed by atoms with Crippen molar-refractivity contribution >= 4 is 11.7 Å². The SMILES string of the molecule is COc1ccc(C(OCC(=O)Oc2ccc([N+](=O)[O-])cc2)(c2ccccc2)c2ccc(OC)cc2)cc1. The van der Waals surface area contributed by atoms with Crippen molar-refractivity contribution in [3.8, 4) is 17.2 Å². The summed E-state index contributed by atoms with van der Waals surface area (Å²) >= 11 is 0. The minimum Gasteiger partial charge on any atom is -0.497 e. The molecule has 4 aromatic rings. The number of hydrogen-bond acceptors (Lipinski definition) is 7. The van der Waals surface area contributed by atoms with E-state index in [-0.39, 0.29) is 11.4 Å². The third-order valence-electron chi connectivity index (χ3n) is 5.86. The van der Waals surface area contributed by atoms with E-state index in [0.717, 1.165) is 16.7 Å². The molecule has 4 aromatic carbocycles. The van der Waals surface area contributed by atoms with Crippen molar-refractivity contribution in [2.45, 2.75) is 5.60 Å². The first-order chi connectivity index (χ1) is 18.0. The standard InChI is InChI=1S/C29H25NO7/c1-34-25-14-8-22(9-15-25)29(21-6-4-3-5-7-21,23-10-16-26(35-2)17-11-23)36-20-28(31)37-27-18-12-24(13-19-27)30(32)33/h3-19H,20H2,1-2H3. The molecule has 8 nitrogen and oxygen atoms in total. The molecular weight excluding hydrogens is 474 g/mol. The number of carbonyl (C=O) groups is 1. The molecule has 0 fully saturated rings. The molecule has 0 atom stereocenters. The molecule has 37 heavy (non-hydrogen) atoms. The van der Waals surface area contributed by atoms with Crippen LogP contribution in [0.1, 0.15) is 16.7 Å². The van der Waals surface area contributed by atoms with Gasteiger partial charge < -0.3 is 18.9 Å². The largest absolute Gasteiger partial charge is 0.497 e. The van der Waals surface area contributed by atoms with Gasteiger partial charge in [-0.05, 0) is 53.1 Å². The fraction of sp³-hybridized carbons (Fsp3) is 0.138. The summed E-state index contributed by atoms with van der Waals surface area (Å²) in [5, 5.41) is 10.9. The van der Waals surface area contributed by atoms with E-state index in [4.69, 9.17) is 18.9 Å². The molecule has 0 aromatic heterocycles. The maximum Gasteiger partial charge on any atom is 0.337 e. The fourth-order valence-corrected chi connectivity index (χ4v) is 4.04. The quantitative estimate of drug-likeness (QED) is 0.0931. The Balaban J connectivity index is 1.72. The molecule has 0 unspecified atom stereocenters. The number of hydrogen-bond donors (Lipinski definition) is 0. The molecule has 8 heteroatoms. The zero-order valence-electron chi connectivity index (χ0n) is 20.3. The Kier molecular flexibility index (Phi) is 7.80. The van der Waals surface area contributed by atoms with E-state index in [1.807, 2.05) is 78.9 Å². The van der Waals surface area contributed by atoms with E-state index in [1.54, 1.807) is 14.2 Å². The Morgan fingerprint density at radius 1 is 0.703 bits per heavy atom. The van der Waals surface area contributed by atoms with E-state index in [1.165, 1.54) is 24.3 Å². The van der Waals surface area contributed by atoms with Crippen molar-refractivity contribution < 1.29 is 28.7 Å². The Bertz CT molecular complexity index is 1290. The van der Waals surface area contributed by atoms with Crippen LogP contribution in [0.3, 0.4) is 0 Å². The molecular formula is C29H25NO7. The predicted molar refractivity (Wildman–Crippen MR) is 137 cm³/mol. The molecule has 188 valence electrons. The highest BCUT2D eigenvalue weighted by atomic mass is 16.6. The van der Waals surface area contributed by atoms with Crippen molar-refractivity contribution in [3.63, 3.8) is 0 Å². The van der Waals surface area contributed by atoms with Crippen molar-refractivity contribution in [3.05, 3.63) is 130 Å². The van der Waals surface area contributed by atoms with Gasteiger partial charge in [0.15, 0.2) is 0 Å². The molecule has 0 heterocycles. The van der Waals surface area contributed by atoms with Crippen LogP contribution in [0.25, 0.3) is 0 Å². The third-order valence-corrected chi connectivity index (χ3v) is 5.86. The lowest BCUT2D eigenvalue weighted by molar-refractivity contribution is -0.384. The van der Waals surface area contributed by atoms with Gasteiger partial charge >= 0.3 is 5.97 Å². The Hall–Kier alpha value is -4.69. The molecule has 4 rings (SSSR count). The molecule has 0 bridgehead atoms. The minimum atomic E-state index is -1.17. The van der Waals surface area contributed by atoms with Gasteiger partial charge in [0.1, 0.15) is 29.5 Å². The molecule has 0 spiro atoms. The monoisotopic (exact) mass is 499 g/mol. The second-order valence-electron chi connectivity index (χ2n) is 8.02. The number of esters is 1. The molecule has 0 aliphatic heterocycles. The van der Waals surface area contributed by atoms with Gasteiger partial charge in [0.25, 0.3) is 5.69 Å². The minimum absolute atomic E-state index is 0.0989. The number of methoxy groups -OCH3 is 2. The number of nitro groups is 1. The Morgan fingerprint density at radius 3 is 1.62 bits per heavy atom. The van der Waals surface area contributed by atoms with Gasteiger partial charge in [-0.15, -0.1) is 0 Å². The van der Waals surface area contributed by atoms with E-state index < -0.39 is 23.1 Å². The summed E-state index contributed by atoms with van der Waals surface area (Å²) in [7, 11) is 3.18. The number of non-ortho nitro benzene ring substituents is 1. The van der Waals surface area contributed by atoms with Crippen LogP contribution in [0.15, 0.2) is 103 Å². The highest BCUT2D eigenvalue weighted by Crippen LogP contribution is 2.41. The average Bonchev–Trinajstić information content (AvgIpc) is 2.95. The average molecular weight is 500 g/mol. The van der Waals surface area contributed by atoms with Gasteiger partial charge in [0.2, 0.25) is 0 Å². The van der Waals surface area contributed by atoms with Crippen LogP contribution in [0.4, 0.5) is 5.69 Å². The molecule has 0 amide bonds. The summed E-state index contributed by atoms with van der Waals surface area (Å²) in [5.74, 6) is 0.880. The van der Waals surface area contributed by atoms with Crippen LogP contribution in [-0.4, -0.2) is 31.7 Å². The topological polar surface area (TPSA) is 97.1 Å². The summed E-state index contributed by atoms with van der Waals surface area (Å²) in [6, 6.07) is 29.7. The highest BCUT2D eigenvalue weighted by molar-refractivity contribution is 5.74. The zero-order valence-corrected chi connectivity index (χ0v) is 20.3. The van der Waals surface area contributed by atoms with Crippen LogP contribution in [0.2, 0.25) is 0 Å². The van der Waals surface area contributed by atoms with Crippen LogP contribution in [0, 0.1) is 10.1 Å². The second kappa shape index (κ2) is 11.4. The number of rotatable bonds is 10. The third kappa shape index (κ3) is 5.60. The summed E-state index contributed by atoms with van der Waals surface area (Å²) < 4.78 is 22.5. The van der Waals surface area contributed by atoms with Crippen LogP contribution in [0.5, 0.6) is 17.2 Å². The maximum atomic E-state index is 12.9. The first-order valence-electron chi connectivity index (χ1n) is 11.4. The lowest BCUT2D eigenvalue weighted by Gasteiger charge is -2.35. The molecule has 0 N–H and O–H groups in total. The van der Waals surface area contributed by atoms with E-state index >= 15 is 0 Å². The van der Waals surface area contributed by atoms with Crippen molar-refractivity contribution in [2.24, 2.45) is 0 Å². The van der Waals surface area contributed by atoms with Crippen LogP contribution < -0.4 is 14.2 Å². The van der Waals surface area contributed by atoms with Crippen molar-refractivity contribution in [2.75, 3.05) is 20.8 Å². The van der Waals surface area contributed by atoms with Crippen molar-refractivity contribution in [1.29, 1.82) is 0 Å². The lowest BCUT2D eigenvalue weighted by atomic mass is 9.80. The molecule has 0 radical (unpaired) electrons. The van der Waals surface area contributed by atoms with Gasteiger partial charge in [-0.1, -0.05) is 54.6 Å². The van der Waals surface area contributed by atoms with Gasteiger partial charge in [0, 0.05) is 12.1 Å². The number of benzene rings is 4. The number of nitrogens with zero attached hydrogens (tertiary/aromatic N) is 1. The summed E-state index contributed by atoms with van der Waals surface area (Å²) in [6.45, 7) is -0.399. The first-order valence-corrected chi connectivity index (χ1v) is 11.4. The van der Waals surface area contributed by atoms with Gasteiger partial charge in [-0.25, -0.2) is 4.79 Å². The van der Waals surface area contributed by atoms with Gasteiger partial charge in [-0.2, -0.15) is 0 Å². The van der Waals surface area contributed by atoms with E-state index in [0.29, 0.717) is 11.5 Å². The summed E-state index contributed by atoms with van der Waals surface area (Å²) in [5.41, 5.74) is 1.07. The second-order valence-corrected chi connectivity index (χ2v) is 8.02. The molecule has 0 aliphatic rings. The van der Waals surface area contributed by atoms with Gasteiger partial charge in [0.05, 0.1) is 19.1 Å². The normalized spacial score (nSPS) is 11.0. The van der Waals surface area contributed by atoms with E-state index in [9.17, 15) is 14.9 Å². The Morgan fingerprint density at radius 2 is 1.16 bits per heavy atom. The first kappa shape index (κ1) is 25.4. The summed E-state index contributed by atoms with van der Waals surface area (Å²) in [4.78, 5) is 23.2. The van der Waals surface area contributed by atoms with Crippen LogP contribution in [-0.2, 0) is 15.1 Å². The van der Waals surface area contributed by atoms with Gasteiger partial charge in [-0.3, -0.25) is 10.1 Å². The molecule has 0 saturated carbocycles. The number of nitro benzene ring substituents is 1. The number of carbonyl (C=O) groups excluding carboxylic acids is 1. The Labute approximate surface area is 214 Å². The van der Waals surface area contributed by atoms with Crippen molar-refractivity contribution in [1.82, 2.24) is 0 Å². The van der Waals surface area contributed by atoms with E-state index in [2.05, 4.69) is 0 Å². The smallest absolute Gasteiger partial charge is 0.337 e.